The van der Waals surface area contributed by atoms with Gasteiger partial charge in [0.05, 0.1) is 6.61 Å². The second-order valence-corrected chi connectivity index (χ2v) is 5.37. The Balaban J connectivity index is 2.20. The van der Waals surface area contributed by atoms with E-state index >= 15 is 0 Å². The van der Waals surface area contributed by atoms with Crippen molar-refractivity contribution in [1.82, 2.24) is 10.3 Å². The van der Waals surface area contributed by atoms with E-state index in [9.17, 15) is 0 Å². The Bertz CT molecular complexity index is 524. The number of hydrogen-bond acceptors (Lipinski definition) is 4. The van der Waals surface area contributed by atoms with E-state index < -0.39 is 0 Å². The molecule has 1 heterocycles. The van der Waals surface area contributed by atoms with Crippen LogP contribution >= 0.6 is 11.3 Å². The summed E-state index contributed by atoms with van der Waals surface area (Å²) < 4.78 is 5.53. The number of thiazole rings is 1. The van der Waals surface area contributed by atoms with Gasteiger partial charge in [0.25, 0.3) is 0 Å². The standard InChI is InChI=1S/C15H20N2OS/c1-4-16-11(3)14-10-17-15(19-14)12-7-6-8-13(9-12)18-5-2/h6-11,16H,4-5H2,1-3H3. The molecule has 2 rings (SSSR count). The molecule has 0 saturated heterocycles. The van der Waals surface area contributed by atoms with Crippen molar-refractivity contribution in [2.75, 3.05) is 13.2 Å². The first kappa shape index (κ1) is 14.0. The molecule has 1 aromatic carbocycles. The van der Waals surface area contributed by atoms with Crippen LogP contribution < -0.4 is 10.1 Å². The summed E-state index contributed by atoms with van der Waals surface area (Å²) in [5.41, 5.74) is 1.12. The second kappa shape index (κ2) is 6.68. The summed E-state index contributed by atoms with van der Waals surface area (Å²) >= 11 is 1.73. The van der Waals surface area contributed by atoms with Gasteiger partial charge in [0.1, 0.15) is 10.8 Å². The molecule has 102 valence electrons. The Labute approximate surface area is 118 Å². The van der Waals surface area contributed by atoms with E-state index in [1.54, 1.807) is 11.3 Å². The molecule has 0 amide bonds. The van der Waals surface area contributed by atoms with Crippen LogP contribution in [0.4, 0.5) is 0 Å². The van der Waals surface area contributed by atoms with Gasteiger partial charge < -0.3 is 10.1 Å². The van der Waals surface area contributed by atoms with Crippen molar-refractivity contribution >= 4 is 11.3 Å². The number of aromatic nitrogens is 1. The summed E-state index contributed by atoms with van der Waals surface area (Å²) in [4.78, 5) is 5.78. The molecular formula is C15H20N2OS. The molecule has 3 nitrogen and oxygen atoms in total. The number of ether oxygens (including phenoxy) is 1. The topological polar surface area (TPSA) is 34.2 Å². The van der Waals surface area contributed by atoms with Crippen molar-refractivity contribution in [1.29, 1.82) is 0 Å². The van der Waals surface area contributed by atoms with Crippen LogP contribution in [0.25, 0.3) is 10.6 Å². The zero-order chi connectivity index (χ0) is 13.7. The molecule has 19 heavy (non-hydrogen) atoms. The van der Waals surface area contributed by atoms with Crippen LogP contribution in [0.2, 0.25) is 0 Å². The number of hydrogen-bond donors (Lipinski definition) is 1. The van der Waals surface area contributed by atoms with Crippen LogP contribution in [0.3, 0.4) is 0 Å². The third-order valence-corrected chi connectivity index (χ3v) is 4.08. The van der Waals surface area contributed by atoms with Crippen LogP contribution in [0, 0.1) is 0 Å². The summed E-state index contributed by atoms with van der Waals surface area (Å²) in [5.74, 6) is 0.900. The highest BCUT2D eigenvalue weighted by molar-refractivity contribution is 7.15. The fourth-order valence-corrected chi connectivity index (χ4v) is 2.85. The summed E-state index contributed by atoms with van der Waals surface area (Å²) in [7, 11) is 0. The predicted molar refractivity (Wildman–Crippen MR) is 80.8 cm³/mol. The van der Waals surface area contributed by atoms with Gasteiger partial charge in [-0.2, -0.15) is 0 Å². The highest BCUT2D eigenvalue weighted by atomic mass is 32.1. The third kappa shape index (κ3) is 3.55. The summed E-state index contributed by atoms with van der Waals surface area (Å²) in [6, 6.07) is 8.46. The molecule has 0 aliphatic rings. The Morgan fingerprint density at radius 2 is 2.21 bits per heavy atom. The zero-order valence-corrected chi connectivity index (χ0v) is 12.5. The zero-order valence-electron chi connectivity index (χ0n) is 11.6. The fourth-order valence-electron chi connectivity index (χ4n) is 1.91. The fraction of sp³-hybridized carbons (Fsp3) is 0.400. The van der Waals surface area contributed by atoms with E-state index in [2.05, 4.69) is 30.2 Å². The van der Waals surface area contributed by atoms with E-state index in [-0.39, 0.29) is 0 Å². The molecule has 1 N–H and O–H groups in total. The average molecular weight is 276 g/mol. The number of nitrogens with zero attached hydrogens (tertiary/aromatic N) is 1. The smallest absolute Gasteiger partial charge is 0.123 e. The molecule has 0 spiro atoms. The molecule has 0 aliphatic carbocycles. The van der Waals surface area contributed by atoms with E-state index in [0.29, 0.717) is 12.6 Å². The molecule has 4 heteroatoms. The molecule has 0 fully saturated rings. The van der Waals surface area contributed by atoms with Gasteiger partial charge in [0.2, 0.25) is 0 Å². The maximum atomic E-state index is 5.53. The minimum Gasteiger partial charge on any atom is -0.494 e. The largest absolute Gasteiger partial charge is 0.494 e. The quantitative estimate of drug-likeness (QED) is 0.869. The van der Waals surface area contributed by atoms with Gasteiger partial charge in [-0.3, -0.25) is 0 Å². The maximum Gasteiger partial charge on any atom is 0.123 e. The summed E-state index contributed by atoms with van der Waals surface area (Å²) in [6.45, 7) is 7.92. The molecule has 0 radical (unpaired) electrons. The Morgan fingerprint density at radius 3 is 2.95 bits per heavy atom. The maximum absolute atomic E-state index is 5.53. The van der Waals surface area contributed by atoms with Gasteiger partial charge in [-0.25, -0.2) is 4.98 Å². The minimum atomic E-state index is 0.353. The second-order valence-electron chi connectivity index (χ2n) is 4.31. The van der Waals surface area contributed by atoms with Crippen LogP contribution in [0.15, 0.2) is 30.5 Å². The number of nitrogens with one attached hydrogen (secondary N) is 1. The van der Waals surface area contributed by atoms with Crippen LogP contribution in [0.1, 0.15) is 31.7 Å². The normalized spacial score (nSPS) is 12.4. The molecule has 1 aromatic heterocycles. The molecule has 1 atom stereocenters. The monoisotopic (exact) mass is 276 g/mol. The summed E-state index contributed by atoms with van der Waals surface area (Å²) in [5, 5.41) is 4.45. The van der Waals surface area contributed by atoms with Gasteiger partial charge >= 0.3 is 0 Å². The summed E-state index contributed by atoms with van der Waals surface area (Å²) in [6.07, 6.45) is 1.96. The van der Waals surface area contributed by atoms with Crippen LogP contribution in [0.5, 0.6) is 5.75 Å². The lowest BCUT2D eigenvalue weighted by molar-refractivity contribution is 0.340. The van der Waals surface area contributed by atoms with E-state index in [1.807, 2.05) is 31.3 Å². The molecule has 2 aromatic rings. The van der Waals surface area contributed by atoms with E-state index in [0.717, 1.165) is 22.9 Å². The highest BCUT2D eigenvalue weighted by Crippen LogP contribution is 2.30. The van der Waals surface area contributed by atoms with Gasteiger partial charge in [-0.1, -0.05) is 19.1 Å². The van der Waals surface area contributed by atoms with Gasteiger partial charge in [-0.15, -0.1) is 11.3 Å². The van der Waals surface area contributed by atoms with E-state index in [4.69, 9.17) is 4.74 Å². The van der Waals surface area contributed by atoms with Crippen molar-refractivity contribution in [3.63, 3.8) is 0 Å². The first-order valence-electron chi connectivity index (χ1n) is 6.67. The van der Waals surface area contributed by atoms with Crippen molar-refractivity contribution in [3.8, 4) is 16.3 Å². The minimum absolute atomic E-state index is 0.353. The lowest BCUT2D eigenvalue weighted by atomic mass is 10.2. The molecule has 0 aliphatic heterocycles. The predicted octanol–water partition coefficient (Wildman–Crippen LogP) is 3.88. The highest BCUT2D eigenvalue weighted by Gasteiger charge is 2.10. The Hall–Kier alpha value is -1.39. The van der Waals surface area contributed by atoms with Gasteiger partial charge in [0.15, 0.2) is 0 Å². The van der Waals surface area contributed by atoms with Crippen LogP contribution in [-0.4, -0.2) is 18.1 Å². The van der Waals surface area contributed by atoms with Gasteiger partial charge in [0, 0.05) is 22.7 Å². The lowest BCUT2D eigenvalue weighted by Gasteiger charge is -2.08. The van der Waals surface area contributed by atoms with Crippen molar-refractivity contribution in [3.05, 3.63) is 35.3 Å². The van der Waals surface area contributed by atoms with Crippen molar-refractivity contribution in [2.45, 2.75) is 26.8 Å². The average Bonchev–Trinajstić information content (AvgIpc) is 2.89. The number of benzene rings is 1. The van der Waals surface area contributed by atoms with Crippen molar-refractivity contribution in [2.24, 2.45) is 0 Å². The molecule has 0 saturated carbocycles. The van der Waals surface area contributed by atoms with Crippen molar-refractivity contribution < 1.29 is 4.74 Å². The molecule has 0 bridgehead atoms. The third-order valence-electron chi connectivity index (χ3n) is 2.85. The van der Waals surface area contributed by atoms with Crippen LogP contribution in [-0.2, 0) is 0 Å². The first-order chi connectivity index (χ1) is 9.24. The number of rotatable bonds is 6. The van der Waals surface area contributed by atoms with E-state index in [1.165, 1.54) is 4.88 Å². The Morgan fingerprint density at radius 1 is 1.37 bits per heavy atom. The lowest BCUT2D eigenvalue weighted by Crippen LogP contribution is -2.16. The first-order valence-corrected chi connectivity index (χ1v) is 7.48. The molecular weight excluding hydrogens is 256 g/mol. The SMILES string of the molecule is CCNC(C)c1cnc(-c2cccc(OCC)c2)s1. The van der Waals surface area contributed by atoms with Gasteiger partial charge in [-0.05, 0) is 32.5 Å². The molecule has 1 unspecified atom stereocenters. The Kier molecular flexibility index (Phi) is 4.93.